The monoisotopic (exact) mass is 470 g/mol. The van der Waals surface area contributed by atoms with E-state index in [9.17, 15) is 0 Å². The molecule has 0 spiro atoms. The molecule has 36 heavy (non-hydrogen) atoms. The third-order valence-electron chi connectivity index (χ3n) is 7.09. The molecular formula is C32H30N4. The highest BCUT2D eigenvalue weighted by atomic mass is 15.0. The molecule has 0 saturated carbocycles. The Morgan fingerprint density at radius 2 is 1.56 bits per heavy atom. The van der Waals surface area contributed by atoms with E-state index in [1.807, 2.05) is 12.3 Å². The predicted octanol–water partition coefficient (Wildman–Crippen LogP) is 8.22. The zero-order valence-corrected chi connectivity index (χ0v) is 20.9. The smallest absolute Gasteiger partial charge is 0.161 e. The largest absolute Gasteiger partial charge is 0.294 e. The Balaban J connectivity index is 1.50. The van der Waals surface area contributed by atoms with Crippen molar-refractivity contribution in [3.05, 3.63) is 96.3 Å². The van der Waals surface area contributed by atoms with E-state index in [1.54, 1.807) is 0 Å². The van der Waals surface area contributed by atoms with Crippen LogP contribution in [0.15, 0.2) is 85.1 Å². The van der Waals surface area contributed by atoms with Crippen LogP contribution in [0, 0.1) is 6.92 Å². The van der Waals surface area contributed by atoms with Gasteiger partial charge in [-0.2, -0.15) is 0 Å². The zero-order chi connectivity index (χ0) is 24.5. The Kier molecular flexibility index (Phi) is 5.94. The maximum atomic E-state index is 5.10. The Hall–Kier alpha value is -4.05. The van der Waals surface area contributed by atoms with Crippen molar-refractivity contribution in [1.82, 2.24) is 19.5 Å². The highest BCUT2D eigenvalue weighted by molar-refractivity contribution is 6.08. The first-order valence-electron chi connectivity index (χ1n) is 13.0. The number of pyridine rings is 1. The highest BCUT2D eigenvalue weighted by Crippen LogP contribution is 2.33. The fourth-order valence-electron chi connectivity index (χ4n) is 5.24. The fourth-order valence-corrected chi connectivity index (χ4v) is 5.24. The maximum absolute atomic E-state index is 5.10. The first kappa shape index (κ1) is 22.4. The number of unbranched alkanes of at least 4 members (excludes halogenated alkanes) is 3. The van der Waals surface area contributed by atoms with Gasteiger partial charge in [-0.25, -0.2) is 15.0 Å². The number of benzene rings is 3. The summed E-state index contributed by atoms with van der Waals surface area (Å²) in [6.45, 7) is 4.34. The molecule has 6 rings (SSSR count). The van der Waals surface area contributed by atoms with Crippen molar-refractivity contribution in [1.29, 1.82) is 0 Å². The fraction of sp³-hybridized carbons (Fsp3) is 0.219. The lowest BCUT2D eigenvalue weighted by atomic mass is 10.0. The summed E-state index contributed by atoms with van der Waals surface area (Å²) >= 11 is 0. The van der Waals surface area contributed by atoms with Crippen molar-refractivity contribution in [3.63, 3.8) is 0 Å². The van der Waals surface area contributed by atoms with Crippen LogP contribution < -0.4 is 0 Å². The van der Waals surface area contributed by atoms with E-state index in [2.05, 4.69) is 91.2 Å². The molecule has 4 heteroatoms. The average Bonchev–Trinajstić information content (AvgIpc) is 3.25. The number of fused-ring (bicyclic) bond motifs is 4. The molecule has 6 aromatic rings. The van der Waals surface area contributed by atoms with Crippen LogP contribution in [-0.2, 0) is 6.42 Å². The maximum Gasteiger partial charge on any atom is 0.161 e. The summed E-state index contributed by atoms with van der Waals surface area (Å²) in [7, 11) is 0. The van der Waals surface area contributed by atoms with Crippen LogP contribution in [-0.4, -0.2) is 19.5 Å². The van der Waals surface area contributed by atoms with Gasteiger partial charge in [-0.15, -0.1) is 0 Å². The molecule has 0 saturated heterocycles. The summed E-state index contributed by atoms with van der Waals surface area (Å²) < 4.78 is 2.23. The van der Waals surface area contributed by atoms with Gasteiger partial charge in [0.15, 0.2) is 5.82 Å². The third-order valence-corrected chi connectivity index (χ3v) is 7.09. The molecule has 3 aromatic carbocycles. The Bertz CT molecular complexity index is 1680. The molecular weight excluding hydrogens is 440 g/mol. The third kappa shape index (κ3) is 3.93. The molecule has 0 N–H and O–H groups in total. The van der Waals surface area contributed by atoms with Crippen molar-refractivity contribution in [3.8, 4) is 17.1 Å². The van der Waals surface area contributed by atoms with Crippen LogP contribution in [0.1, 0.15) is 43.9 Å². The Labute approximate surface area is 211 Å². The van der Waals surface area contributed by atoms with Crippen molar-refractivity contribution < 1.29 is 0 Å². The van der Waals surface area contributed by atoms with E-state index in [0.29, 0.717) is 0 Å². The van der Waals surface area contributed by atoms with Gasteiger partial charge in [-0.1, -0.05) is 80.8 Å². The number of hydrogen-bond donors (Lipinski definition) is 0. The van der Waals surface area contributed by atoms with Crippen LogP contribution in [0.25, 0.3) is 49.9 Å². The first-order valence-corrected chi connectivity index (χ1v) is 13.0. The van der Waals surface area contributed by atoms with E-state index in [1.165, 1.54) is 36.6 Å². The van der Waals surface area contributed by atoms with Crippen molar-refractivity contribution in [2.24, 2.45) is 0 Å². The summed E-state index contributed by atoms with van der Waals surface area (Å²) in [5, 5.41) is 3.43. The molecule has 0 atom stereocenters. The summed E-state index contributed by atoms with van der Waals surface area (Å²) in [4.78, 5) is 15.0. The van der Waals surface area contributed by atoms with Crippen LogP contribution in [0.3, 0.4) is 0 Å². The van der Waals surface area contributed by atoms with Gasteiger partial charge in [0.25, 0.3) is 0 Å². The molecule has 0 aliphatic carbocycles. The molecule has 3 heterocycles. The summed E-state index contributed by atoms with van der Waals surface area (Å²) in [5.74, 6) is 0.743. The predicted molar refractivity (Wildman–Crippen MR) is 150 cm³/mol. The molecule has 0 radical (unpaired) electrons. The SMILES string of the molecule is CCCCCCc1cccc2c(C)nc(-c3cnc4c(c3)c3ccccc3n4-c3ccccc3)nc12. The molecule has 0 fully saturated rings. The number of hydrogen-bond acceptors (Lipinski definition) is 3. The van der Waals surface area contributed by atoms with Gasteiger partial charge in [0.2, 0.25) is 0 Å². The van der Waals surface area contributed by atoms with Gasteiger partial charge in [-0.05, 0) is 49.6 Å². The summed E-state index contributed by atoms with van der Waals surface area (Å²) in [6, 6.07) is 27.6. The Morgan fingerprint density at radius 3 is 2.42 bits per heavy atom. The van der Waals surface area contributed by atoms with E-state index >= 15 is 0 Å². The number of aromatic nitrogens is 4. The minimum Gasteiger partial charge on any atom is -0.294 e. The lowest BCUT2D eigenvalue weighted by Crippen LogP contribution is -1.99. The van der Waals surface area contributed by atoms with Crippen LogP contribution in [0.4, 0.5) is 0 Å². The molecule has 0 bridgehead atoms. The lowest BCUT2D eigenvalue weighted by Gasteiger charge is -2.10. The average molecular weight is 471 g/mol. The van der Waals surface area contributed by atoms with Crippen molar-refractivity contribution in [2.75, 3.05) is 0 Å². The number of rotatable bonds is 7. The summed E-state index contributed by atoms with van der Waals surface area (Å²) in [5.41, 5.74) is 7.54. The van der Waals surface area contributed by atoms with E-state index in [4.69, 9.17) is 15.0 Å². The lowest BCUT2D eigenvalue weighted by molar-refractivity contribution is 0.668. The minimum atomic E-state index is 0.743. The van der Waals surface area contributed by atoms with E-state index in [-0.39, 0.29) is 0 Å². The first-order chi connectivity index (χ1) is 17.7. The number of aryl methyl sites for hydroxylation is 2. The second-order valence-corrected chi connectivity index (χ2v) is 9.54. The van der Waals surface area contributed by atoms with Crippen LogP contribution in [0.2, 0.25) is 0 Å². The quantitative estimate of drug-likeness (QED) is 0.221. The van der Waals surface area contributed by atoms with Crippen molar-refractivity contribution in [2.45, 2.75) is 46.0 Å². The minimum absolute atomic E-state index is 0.743. The number of para-hydroxylation sites is 3. The molecule has 4 nitrogen and oxygen atoms in total. The van der Waals surface area contributed by atoms with Gasteiger partial charge in [0.05, 0.1) is 11.0 Å². The standard InChI is InChI=1S/C32H30N4/c1-3-4-5-7-13-23-14-12-18-26-22(2)34-31(35-30(23)26)24-20-28-27-17-10-11-19-29(27)36(32(28)33-21-24)25-15-8-6-9-16-25/h6,8-12,14-21H,3-5,7,13H2,1-2H3. The molecule has 178 valence electrons. The van der Waals surface area contributed by atoms with Crippen LogP contribution in [0.5, 0.6) is 0 Å². The molecule has 3 aromatic heterocycles. The molecule has 0 aliphatic rings. The van der Waals surface area contributed by atoms with E-state index in [0.717, 1.165) is 56.6 Å². The number of nitrogens with zero attached hydrogens (tertiary/aromatic N) is 4. The molecule has 0 amide bonds. The Morgan fingerprint density at radius 1 is 0.750 bits per heavy atom. The van der Waals surface area contributed by atoms with Gasteiger partial charge >= 0.3 is 0 Å². The second-order valence-electron chi connectivity index (χ2n) is 9.54. The zero-order valence-electron chi connectivity index (χ0n) is 20.9. The van der Waals surface area contributed by atoms with Crippen molar-refractivity contribution >= 4 is 32.8 Å². The van der Waals surface area contributed by atoms with E-state index < -0.39 is 0 Å². The second kappa shape index (κ2) is 9.54. The molecule has 0 unspecified atom stereocenters. The van der Waals surface area contributed by atoms with Gasteiger partial charge in [-0.3, -0.25) is 4.57 Å². The van der Waals surface area contributed by atoms with Crippen LogP contribution >= 0.6 is 0 Å². The van der Waals surface area contributed by atoms with Gasteiger partial charge in [0, 0.05) is 39.3 Å². The summed E-state index contributed by atoms with van der Waals surface area (Å²) in [6.07, 6.45) is 7.96. The topological polar surface area (TPSA) is 43.6 Å². The molecule has 0 aliphatic heterocycles. The highest BCUT2D eigenvalue weighted by Gasteiger charge is 2.16. The van der Waals surface area contributed by atoms with Gasteiger partial charge < -0.3 is 0 Å². The van der Waals surface area contributed by atoms with Gasteiger partial charge in [0.1, 0.15) is 5.65 Å². The normalized spacial score (nSPS) is 11.6.